The van der Waals surface area contributed by atoms with E-state index in [1.807, 2.05) is 42.5 Å². The van der Waals surface area contributed by atoms with Gasteiger partial charge in [0.05, 0.1) is 5.56 Å². The van der Waals surface area contributed by atoms with Crippen molar-refractivity contribution in [1.29, 1.82) is 0 Å². The number of fused-ring (bicyclic) bond motifs is 1. The van der Waals surface area contributed by atoms with Gasteiger partial charge in [-0.15, -0.1) is 0 Å². The topological polar surface area (TPSA) is 26.3 Å². The van der Waals surface area contributed by atoms with E-state index in [1.54, 1.807) is 0 Å². The van der Waals surface area contributed by atoms with Crippen LogP contribution in [0.1, 0.15) is 45.0 Å². The molecule has 0 saturated heterocycles. The van der Waals surface area contributed by atoms with E-state index in [4.69, 9.17) is 4.74 Å². The Morgan fingerprint density at radius 1 is 0.880 bits per heavy atom. The SMILES string of the molecule is O=C(OCc1ccccc1)c1ccc(C2CCc3ccccc32)cc1. The monoisotopic (exact) mass is 328 g/mol. The Labute approximate surface area is 148 Å². The summed E-state index contributed by atoms with van der Waals surface area (Å²) in [5.74, 6) is 0.160. The molecular formula is C23H20O2. The van der Waals surface area contributed by atoms with Crippen LogP contribution in [0.2, 0.25) is 0 Å². The third-order valence-electron chi connectivity index (χ3n) is 4.89. The van der Waals surface area contributed by atoms with Gasteiger partial charge >= 0.3 is 5.97 Å². The number of rotatable bonds is 4. The molecule has 0 spiro atoms. The van der Waals surface area contributed by atoms with Gasteiger partial charge in [0.2, 0.25) is 0 Å². The van der Waals surface area contributed by atoms with Gasteiger partial charge in [-0.3, -0.25) is 0 Å². The molecule has 3 aromatic rings. The van der Waals surface area contributed by atoms with Crippen LogP contribution in [-0.4, -0.2) is 5.97 Å². The minimum atomic E-state index is -0.276. The summed E-state index contributed by atoms with van der Waals surface area (Å²) < 4.78 is 5.40. The number of carbonyl (C=O) groups is 1. The number of ether oxygens (including phenoxy) is 1. The average molecular weight is 328 g/mol. The lowest BCUT2D eigenvalue weighted by Gasteiger charge is -2.13. The normalized spacial score (nSPS) is 15.6. The molecular weight excluding hydrogens is 308 g/mol. The van der Waals surface area contributed by atoms with Crippen LogP contribution in [0, 0.1) is 0 Å². The number of hydrogen-bond donors (Lipinski definition) is 0. The van der Waals surface area contributed by atoms with Crippen molar-refractivity contribution in [1.82, 2.24) is 0 Å². The quantitative estimate of drug-likeness (QED) is 0.621. The zero-order valence-electron chi connectivity index (χ0n) is 14.0. The number of esters is 1. The first-order chi connectivity index (χ1) is 12.3. The summed E-state index contributed by atoms with van der Waals surface area (Å²) in [6.07, 6.45) is 2.26. The third-order valence-corrected chi connectivity index (χ3v) is 4.89. The van der Waals surface area contributed by atoms with Crippen LogP contribution in [0.25, 0.3) is 0 Å². The predicted molar refractivity (Wildman–Crippen MR) is 98.6 cm³/mol. The molecule has 2 heteroatoms. The largest absolute Gasteiger partial charge is 0.457 e. The minimum Gasteiger partial charge on any atom is -0.457 e. The van der Waals surface area contributed by atoms with E-state index in [2.05, 4.69) is 36.4 Å². The Balaban J connectivity index is 1.45. The van der Waals surface area contributed by atoms with E-state index < -0.39 is 0 Å². The van der Waals surface area contributed by atoms with Crippen molar-refractivity contribution in [3.63, 3.8) is 0 Å². The van der Waals surface area contributed by atoms with Gasteiger partial charge in [-0.1, -0.05) is 66.7 Å². The van der Waals surface area contributed by atoms with Crippen LogP contribution in [-0.2, 0) is 17.8 Å². The molecule has 124 valence electrons. The van der Waals surface area contributed by atoms with Crippen LogP contribution in [0.4, 0.5) is 0 Å². The summed E-state index contributed by atoms with van der Waals surface area (Å²) in [6.45, 7) is 0.303. The summed E-state index contributed by atoms with van der Waals surface area (Å²) in [5.41, 5.74) is 5.73. The molecule has 25 heavy (non-hydrogen) atoms. The number of aryl methyl sites for hydroxylation is 1. The average Bonchev–Trinajstić information content (AvgIpc) is 3.11. The molecule has 0 bridgehead atoms. The van der Waals surface area contributed by atoms with Gasteiger partial charge in [-0.05, 0) is 47.2 Å². The molecule has 1 aliphatic carbocycles. The second kappa shape index (κ2) is 6.94. The highest BCUT2D eigenvalue weighted by Gasteiger charge is 2.23. The molecule has 0 aromatic heterocycles. The van der Waals surface area contributed by atoms with E-state index in [0.717, 1.165) is 18.4 Å². The first-order valence-electron chi connectivity index (χ1n) is 8.70. The molecule has 0 amide bonds. The lowest BCUT2D eigenvalue weighted by Crippen LogP contribution is -2.06. The van der Waals surface area contributed by atoms with E-state index in [1.165, 1.54) is 16.7 Å². The highest BCUT2D eigenvalue weighted by molar-refractivity contribution is 5.89. The Morgan fingerprint density at radius 2 is 1.60 bits per heavy atom. The maximum atomic E-state index is 12.2. The van der Waals surface area contributed by atoms with Crippen molar-refractivity contribution in [3.05, 3.63) is 107 Å². The molecule has 1 atom stereocenters. The lowest BCUT2D eigenvalue weighted by atomic mass is 9.92. The fourth-order valence-electron chi connectivity index (χ4n) is 3.56. The highest BCUT2D eigenvalue weighted by Crippen LogP contribution is 2.37. The zero-order chi connectivity index (χ0) is 17.1. The van der Waals surface area contributed by atoms with Crippen molar-refractivity contribution >= 4 is 5.97 Å². The fourth-order valence-corrected chi connectivity index (χ4v) is 3.56. The molecule has 2 nitrogen and oxygen atoms in total. The van der Waals surface area contributed by atoms with Gasteiger partial charge in [0, 0.05) is 5.92 Å². The minimum absolute atomic E-state index is 0.276. The molecule has 3 aromatic carbocycles. The standard InChI is InChI=1S/C23H20O2/c24-23(25-16-17-6-2-1-3-7-17)20-12-10-19(11-13-20)22-15-14-18-8-4-5-9-21(18)22/h1-13,22H,14-16H2. The van der Waals surface area contributed by atoms with E-state index in [-0.39, 0.29) is 5.97 Å². The van der Waals surface area contributed by atoms with Gasteiger partial charge in [-0.2, -0.15) is 0 Å². The molecule has 0 saturated carbocycles. The molecule has 0 fully saturated rings. The Hall–Kier alpha value is -2.87. The number of benzene rings is 3. The Morgan fingerprint density at radius 3 is 2.40 bits per heavy atom. The summed E-state index contributed by atoms with van der Waals surface area (Å²) >= 11 is 0. The van der Waals surface area contributed by atoms with Gasteiger partial charge < -0.3 is 4.74 Å². The van der Waals surface area contributed by atoms with Gasteiger partial charge in [0.15, 0.2) is 0 Å². The van der Waals surface area contributed by atoms with Crippen molar-refractivity contribution in [2.45, 2.75) is 25.4 Å². The number of carbonyl (C=O) groups excluding carboxylic acids is 1. The Kier molecular flexibility index (Phi) is 4.34. The third kappa shape index (κ3) is 3.34. The summed E-state index contributed by atoms with van der Waals surface area (Å²) in [5, 5.41) is 0. The predicted octanol–water partition coefficient (Wildman–Crippen LogP) is 5.12. The second-order valence-electron chi connectivity index (χ2n) is 6.47. The molecule has 1 aliphatic rings. The van der Waals surface area contributed by atoms with Crippen LogP contribution in [0.3, 0.4) is 0 Å². The van der Waals surface area contributed by atoms with Crippen molar-refractivity contribution < 1.29 is 9.53 Å². The molecule has 1 unspecified atom stereocenters. The van der Waals surface area contributed by atoms with Crippen LogP contribution in [0.5, 0.6) is 0 Å². The fraction of sp³-hybridized carbons (Fsp3) is 0.174. The van der Waals surface area contributed by atoms with Gasteiger partial charge in [0.25, 0.3) is 0 Å². The summed E-state index contributed by atoms with van der Waals surface area (Å²) in [7, 11) is 0. The highest BCUT2D eigenvalue weighted by atomic mass is 16.5. The smallest absolute Gasteiger partial charge is 0.338 e. The maximum Gasteiger partial charge on any atom is 0.338 e. The zero-order valence-corrected chi connectivity index (χ0v) is 14.0. The van der Waals surface area contributed by atoms with Crippen molar-refractivity contribution in [2.75, 3.05) is 0 Å². The van der Waals surface area contributed by atoms with E-state index in [0.29, 0.717) is 18.1 Å². The maximum absolute atomic E-state index is 12.2. The van der Waals surface area contributed by atoms with E-state index >= 15 is 0 Å². The second-order valence-corrected chi connectivity index (χ2v) is 6.47. The molecule has 0 N–H and O–H groups in total. The van der Waals surface area contributed by atoms with Crippen molar-refractivity contribution in [2.24, 2.45) is 0 Å². The Bertz CT molecular complexity index is 866. The summed E-state index contributed by atoms with van der Waals surface area (Å²) in [4.78, 5) is 12.2. The molecule has 4 rings (SSSR count). The van der Waals surface area contributed by atoms with Gasteiger partial charge in [-0.25, -0.2) is 4.79 Å². The molecule has 0 aliphatic heterocycles. The summed E-state index contributed by atoms with van der Waals surface area (Å²) in [6, 6.07) is 26.3. The first-order valence-corrected chi connectivity index (χ1v) is 8.70. The first kappa shape index (κ1) is 15.6. The number of hydrogen-bond acceptors (Lipinski definition) is 2. The van der Waals surface area contributed by atoms with Gasteiger partial charge in [0.1, 0.15) is 6.61 Å². The van der Waals surface area contributed by atoms with Crippen LogP contribution < -0.4 is 0 Å². The molecule has 0 heterocycles. The van der Waals surface area contributed by atoms with Crippen molar-refractivity contribution in [3.8, 4) is 0 Å². The van der Waals surface area contributed by atoms with Crippen LogP contribution in [0.15, 0.2) is 78.9 Å². The van der Waals surface area contributed by atoms with Crippen LogP contribution >= 0.6 is 0 Å². The molecule has 0 radical (unpaired) electrons. The lowest BCUT2D eigenvalue weighted by molar-refractivity contribution is 0.0472. The van der Waals surface area contributed by atoms with E-state index in [9.17, 15) is 4.79 Å².